The first kappa shape index (κ1) is 17.6. The fourth-order valence-corrected chi connectivity index (χ4v) is 3.76. The maximum Gasteiger partial charge on any atom is 0.293 e. The number of hydrogen-bond acceptors (Lipinski definition) is 3. The quantitative estimate of drug-likeness (QED) is 0.402. The Morgan fingerprint density at radius 2 is 1.88 bits per heavy atom. The van der Waals surface area contributed by atoms with E-state index in [1.807, 2.05) is 24.3 Å². The predicted octanol–water partition coefficient (Wildman–Crippen LogP) is 5.43. The van der Waals surface area contributed by atoms with Gasteiger partial charge in [0, 0.05) is 3.57 Å². The van der Waals surface area contributed by atoms with Crippen molar-refractivity contribution in [1.82, 2.24) is 4.90 Å². The number of amides is 2. The van der Waals surface area contributed by atoms with Crippen molar-refractivity contribution in [3.63, 3.8) is 0 Å². The van der Waals surface area contributed by atoms with Crippen molar-refractivity contribution in [2.45, 2.75) is 6.54 Å². The molecule has 3 nitrogen and oxygen atoms in total. The van der Waals surface area contributed by atoms with E-state index in [1.54, 1.807) is 18.2 Å². The fraction of sp³-hybridized carbons (Fsp3) is 0.0588. The maximum atomic E-state index is 13.3. The Bertz CT molecular complexity index is 854. The second-order valence-corrected chi connectivity index (χ2v) is 8.16. The molecule has 2 amide bonds. The minimum Gasteiger partial charge on any atom is -0.268 e. The third-order valence-electron chi connectivity index (χ3n) is 3.37. The third-order valence-corrected chi connectivity index (χ3v) is 5.60. The average molecular weight is 518 g/mol. The van der Waals surface area contributed by atoms with Gasteiger partial charge in [0.15, 0.2) is 0 Å². The molecule has 1 aliphatic rings. The first-order chi connectivity index (χ1) is 11.4. The maximum absolute atomic E-state index is 13.3. The molecule has 0 radical (unpaired) electrons. The molecule has 122 valence electrons. The normalized spacial score (nSPS) is 16.3. The molecule has 1 aliphatic heterocycles. The molecule has 2 aromatic rings. The van der Waals surface area contributed by atoms with Crippen molar-refractivity contribution in [1.29, 1.82) is 0 Å². The molecule has 0 spiro atoms. The highest BCUT2D eigenvalue weighted by molar-refractivity contribution is 14.1. The van der Waals surface area contributed by atoms with E-state index >= 15 is 0 Å². The molecule has 24 heavy (non-hydrogen) atoms. The number of carbonyl (C=O) groups excluding carboxylic acids is 2. The average Bonchev–Trinajstić information content (AvgIpc) is 2.80. The number of thioether (sulfide) groups is 1. The number of benzene rings is 2. The zero-order valence-electron chi connectivity index (χ0n) is 12.1. The van der Waals surface area contributed by atoms with Gasteiger partial charge in [0.1, 0.15) is 5.82 Å². The van der Waals surface area contributed by atoms with E-state index in [2.05, 4.69) is 38.5 Å². The summed E-state index contributed by atoms with van der Waals surface area (Å²) in [5.74, 6) is -0.706. The summed E-state index contributed by atoms with van der Waals surface area (Å²) in [5.41, 5.74) is 1.55. The van der Waals surface area contributed by atoms with Gasteiger partial charge in [0.25, 0.3) is 11.1 Å². The van der Waals surface area contributed by atoms with E-state index in [1.165, 1.54) is 11.0 Å². The van der Waals surface area contributed by atoms with Crippen LogP contribution in [0.1, 0.15) is 11.1 Å². The van der Waals surface area contributed by atoms with E-state index in [-0.39, 0.29) is 23.5 Å². The Balaban J connectivity index is 1.81. The van der Waals surface area contributed by atoms with Gasteiger partial charge in [-0.3, -0.25) is 14.5 Å². The lowest BCUT2D eigenvalue weighted by Crippen LogP contribution is -2.27. The molecule has 0 N–H and O–H groups in total. The Kier molecular flexibility index (Phi) is 5.41. The first-order valence-corrected chi connectivity index (χ1v) is 9.58. The molecule has 7 heteroatoms. The van der Waals surface area contributed by atoms with Crippen molar-refractivity contribution in [3.05, 3.63) is 72.4 Å². The van der Waals surface area contributed by atoms with Gasteiger partial charge in [-0.25, -0.2) is 4.39 Å². The highest BCUT2D eigenvalue weighted by atomic mass is 127. The smallest absolute Gasteiger partial charge is 0.268 e. The Morgan fingerprint density at radius 1 is 1.17 bits per heavy atom. The van der Waals surface area contributed by atoms with Crippen LogP contribution in [0, 0.1) is 9.39 Å². The Hall–Kier alpha value is -1.19. The highest BCUT2D eigenvalue weighted by Crippen LogP contribution is 2.33. The number of imide groups is 1. The molecule has 1 heterocycles. The van der Waals surface area contributed by atoms with Gasteiger partial charge < -0.3 is 0 Å². The lowest BCUT2D eigenvalue weighted by atomic mass is 10.2. The molecular formula is C17H10BrFINO2S. The summed E-state index contributed by atoms with van der Waals surface area (Å²) in [6.07, 6.45) is 1.60. The Morgan fingerprint density at radius 3 is 2.54 bits per heavy atom. The van der Waals surface area contributed by atoms with Crippen LogP contribution >= 0.6 is 50.3 Å². The van der Waals surface area contributed by atoms with Gasteiger partial charge >= 0.3 is 0 Å². The van der Waals surface area contributed by atoms with Gasteiger partial charge in [0.05, 0.1) is 15.9 Å². The summed E-state index contributed by atoms with van der Waals surface area (Å²) >= 11 is 6.21. The number of carbonyl (C=O) groups is 2. The lowest BCUT2D eigenvalue weighted by Gasteiger charge is -2.12. The zero-order chi connectivity index (χ0) is 17.3. The van der Waals surface area contributed by atoms with Crippen molar-refractivity contribution in [2.24, 2.45) is 0 Å². The van der Waals surface area contributed by atoms with Crippen LogP contribution in [0.4, 0.5) is 9.18 Å². The fourth-order valence-electron chi connectivity index (χ4n) is 2.16. The number of rotatable bonds is 3. The van der Waals surface area contributed by atoms with Gasteiger partial charge in [0.2, 0.25) is 0 Å². The topological polar surface area (TPSA) is 37.4 Å². The molecule has 0 atom stereocenters. The second kappa shape index (κ2) is 7.37. The van der Waals surface area contributed by atoms with Crippen molar-refractivity contribution in [3.8, 4) is 0 Å². The van der Waals surface area contributed by atoms with Crippen LogP contribution in [0.2, 0.25) is 0 Å². The monoisotopic (exact) mass is 517 g/mol. The standard InChI is InChI=1S/C17H10BrFINO2S/c18-13-7-11(3-6-14(13)19)8-15-16(22)21(17(23)24-15)9-10-1-4-12(20)5-2-10/h1-8H,9H2/b15-8+. The van der Waals surface area contributed by atoms with Crippen molar-refractivity contribution < 1.29 is 14.0 Å². The molecule has 1 saturated heterocycles. The third kappa shape index (κ3) is 3.89. The molecule has 1 fully saturated rings. The summed E-state index contributed by atoms with van der Waals surface area (Å²) in [5, 5.41) is -0.300. The van der Waals surface area contributed by atoms with Gasteiger partial charge in [-0.15, -0.1) is 0 Å². The molecule has 0 aliphatic carbocycles. The molecule has 0 saturated carbocycles. The highest BCUT2D eigenvalue weighted by Gasteiger charge is 2.34. The second-order valence-electron chi connectivity index (χ2n) is 5.07. The molecule has 0 bridgehead atoms. The van der Waals surface area contributed by atoms with Crippen LogP contribution in [-0.2, 0) is 11.3 Å². The van der Waals surface area contributed by atoms with Gasteiger partial charge in [-0.05, 0) is 91.8 Å². The van der Waals surface area contributed by atoms with Gasteiger partial charge in [-0.2, -0.15) is 0 Å². The Labute approximate surface area is 164 Å². The summed E-state index contributed by atoms with van der Waals surface area (Å²) in [7, 11) is 0. The van der Waals surface area contributed by atoms with Crippen LogP contribution in [-0.4, -0.2) is 16.0 Å². The predicted molar refractivity (Wildman–Crippen MR) is 105 cm³/mol. The van der Waals surface area contributed by atoms with E-state index in [0.717, 1.165) is 20.9 Å². The van der Waals surface area contributed by atoms with Gasteiger partial charge in [-0.1, -0.05) is 18.2 Å². The molecular weight excluding hydrogens is 508 g/mol. The summed E-state index contributed by atoms with van der Waals surface area (Å²) in [4.78, 5) is 26.2. The van der Waals surface area contributed by atoms with Crippen LogP contribution < -0.4 is 0 Å². The first-order valence-electron chi connectivity index (χ1n) is 6.89. The van der Waals surface area contributed by atoms with Crippen LogP contribution in [0.25, 0.3) is 6.08 Å². The number of hydrogen-bond donors (Lipinski definition) is 0. The van der Waals surface area contributed by atoms with E-state index in [4.69, 9.17) is 0 Å². The molecule has 2 aromatic carbocycles. The van der Waals surface area contributed by atoms with Crippen molar-refractivity contribution in [2.75, 3.05) is 0 Å². The van der Waals surface area contributed by atoms with Crippen molar-refractivity contribution >= 4 is 67.5 Å². The summed E-state index contributed by atoms with van der Waals surface area (Å²) in [6.45, 7) is 0.242. The minimum atomic E-state index is -0.376. The number of nitrogens with zero attached hydrogens (tertiary/aromatic N) is 1. The SMILES string of the molecule is O=C1S/C(=C/c2ccc(F)c(Br)c2)C(=O)N1Cc1ccc(I)cc1. The molecule has 0 aromatic heterocycles. The lowest BCUT2D eigenvalue weighted by molar-refractivity contribution is -0.123. The molecule has 3 rings (SSSR count). The summed E-state index contributed by atoms with van der Waals surface area (Å²) in [6, 6.07) is 12.1. The minimum absolute atomic E-state index is 0.242. The number of halogens is 3. The van der Waals surface area contributed by atoms with Crippen LogP contribution in [0.5, 0.6) is 0 Å². The molecule has 0 unspecified atom stereocenters. The summed E-state index contributed by atoms with van der Waals surface area (Å²) < 4.78 is 14.7. The van der Waals surface area contributed by atoms with E-state index in [0.29, 0.717) is 14.9 Å². The zero-order valence-corrected chi connectivity index (χ0v) is 16.7. The van der Waals surface area contributed by atoms with E-state index < -0.39 is 0 Å². The largest absolute Gasteiger partial charge is 0.293 e. The van der Waals surface area contributed by atoms with Crippen LogP contribution in [0.15, 0.2) is 51.8 Å². The van der Waals surface area contributed by atoms with Crippen LogP contribution in [0.3, 0.4) is 0 Å². The van der Waals surface area contributed by atoms with E-state index in [9.17, 15) is 14.0 Å².